The summed E-state index contributed by atoms with van der Waals surface area (Å²) in [5.41, 5.74) is 1.13. The van der Waals surface area contributed by atoms with Gasteiger partial charge in [-0.05, 0) is 56.3 Å². The summed E-state index contributed by atoms with van der Waals surface area (Å²) >= 11 is 4.69. The molecule has 1 atom stereocenters. The molecule has 140 valence electrons. The Hall–Kier alpha value is -2.12. The van der Waals surface area contributed by atoms with Crippen LogP contribution in [0.25, 0.3) is 10.9 Å². The summed E-state index contributed by atoms with van der Waals surface area (Å²) in [5.74, 6) is 0.685. The number of ether oxygens (including phenoxy) is 1. The third-order valence-corrected chi connectivity index (χ3v) is 5.81. The molecule has 0 saturated heterocycles. The maximum atomic E-state index is 12.8. The SMILES string of the molecule is CCn1c(SC(C)C(=O)c2ccc(OC)cc2)nc2ccc(Br)cc2c1=O. The van der Waals surface area contributed by atoms with Gasteiger partial charge in [0.2, 0.25) is 0 Å². The molecule has 3 rings (SSSR count). The molecule has 0 N–H and O–H groups in total. The molecular weight excluding hydrogens is 428 g/mol. The molecule has 1 heterocycles. The molecule has 0 aliphatic carbocycles. The van der Waals surface area contributed by atoms with Crippen LogP contribution in [0.2, 0.25) is 0 Å². The number of methoxy groups -OCH3 is 1. The molecule has 0 saturated carbocycles. The van der Waals surface area contributed by atoms with Gasteiger partial charge in [0.25, 0.3) is 5.56 Å². The first kappa shape index (κ1) is 19.6. The zero-order valence-electron chi connectivity index (χ0n) is 15.2. The number of rotatable bonds is 6. The standard InChI is InChI=1S/C20H19BrN2O3S/c1-4-23-19(25)16-11-14(21)7-10-17(16)22-20(23)27-12(2)18(24)13-5-8-15(26-3)9-6-13/h5-12H,4H2,1-3H3. The topological polar surface area (TPSA) is 61.2 Å². The Balaban J connectivity index is 1.93. The molecule has 1 aromatic heterocycles. The van der Waals surface area contributed by atoms with E-state index in [1.165, 1.54) is 11.8 Å². The molecule has 5 nitrogen and oxygen atoms in total. The first-order valence-electron chi connectivity index (χ1n) is 8.49. The fraction of sp³-hybridized carbons (Fsp3) is 0.250. The third kappa shape index (κ3) is 4.09. The van der Waals surface area contributed by atoms with E-state index < -0.39 is 0 Å². The fourth-order valence-electron chi connectivity index (χ4n) is 2.74. The lowest BCUT2D eigenvalue weighted by Gasteiger charge is -2.15. The van der Waals surface area contributed by atoms with Crippen molar-refractivity contribution in [1.82, 2.24) is 9.55 Å². The summed E-state index contributed by atoms with van der Waals surface area (Å²) in [5, 5.41) is 0.729. The molecule has 0 aliphatic heterocycles. The minimum absolute atomic E-state index is 0.0181. The van der Waals surface area contributed by atoms with Crippen molar-refractivity contribution in [2.75, 3.05) is 7.11 Å². The third-order valence-electron chi connectivity index (χ3n) is 4.22. The number of benzene rings is 2. The van der Waals surface area contributed by atoms with Gasteiger partial charge < -0.3 is 4.74 Å². The Morgan fingerprint density at radius 2 is 1.96 bits per heavy atom. The van der Waals surface area contributed by atoms with E-state index >= 15 is 0 Å². The molecule has 27 heavy (non-hydrogen) atoms. The van der Waals surface area contributed by atoms with Crippen molar-refractivity contribution in [3.05, 3.63) is 62.9 Å². The van der Waals surface area contributed by atoms with Gasteiger partial charge in [-0.1, -0.05) is 27.7 Å². The van der Waals surface area contributed by atoms with Crippen LogP contribution in [0.1, 0.15) is 24.2 Å². The van der Waals surface area contributed by atoms with E-state index in [-0.39, 0.29) is 16.6 Å². The van der Waals surface area contributed by atoms with Crippen LogP contribution in [0.5, 0.6) is 5.75 Å². The van der Waals surface area contributed by atoms with Gasteiger partial charge in [-0.3, -0.25) is 14.2 Å². The van der Waals surface area contributed by atoms with Crippen LogP contribution < -0.4 is 10.3 Å². The second kappa shape index (κ2) is 8.27. The molecular formula is C20H19BrN2O3S. The summed E-state index contributed by atoms with van der Waals surface area (Å²) in [6, 6.07) is 12.5. The molecule has 7 heteroatoms. The monoisotopic (exact) mass is 446 g/mol. The predicted molar refractivity (Wildman–Crippen MR) is 112 cm³/mol. The number of hydrogen-bond acceptors (Lipinski definition) is 5. The number of ketones is 1. The number of nitrogens with zero attached hydrogens (tertiary/aromatic N) is 2. The van der Waals surface area contributed by atoms with E-state index in [4.69, 9.17) is 4.74 Å². The van der Waals surface area contributed by atoms with Gasteiger partial charge in [0.1, 0.15) is 5.75 Å². The van der Waals surface area contributed by atoms with Gasteiger partial charge in [0.15, 0.2) is 10.9 Å². The van der Waals surface area contributed by atoms with Crippen LogP contribution in [-0.4, -0.2) is 27.7 Å². The minimum Gasteiger partial charge on any atom is -0.497 e. The van der Waals surface area contributed by atoms with E-state index in [1.54, 1.807) is 48.1 Å². The quantitative estimate of drug-likeness (QED) is 0.315. The van der Waals surface area contributed by atoms with Crippen molar-refractivity contribution in [3.63, 3.8) is 0 Å². The van der Waals surface area contributed by atoms with Crippen molar-refractivity contribution in [3.8, 4) is 5.75 Å². The van der Waals surface area contributed by atoms with Crippen molar-refractivity contribution < 1.29 is 9.53 Å². The summed E-state index contributed by atoms with van der Waals surface area (Å²) in [6.07, 6.45) is 0. The maximum absolute atomic E-state index is 12.8. The number of carbonyl (C=O) groups excluding carboxylic acids is 1. The first-order valence-corrected chi connectivity index (χ1v) is 10.2. The van der Waals surface area contributed by atoms with Crippen molar-refractivity contribution in [1.29, 1.82) is 0 Å². The van der Waals surface area contributed by atoms with Gasteiger partial charge in [0.05, 0.1) is 23.3 Å². The van der Waals surface area contributed by atoms with Crippen LogP contribution in [-0.2, 0) is 6.54 Å². The molecule has 0 fully saturated rings. The van der Waals surface area contributed by atoms with Crippen LogP contribution >= 0.6 is 27.7 Å². The Morgan fingerprint density at radius 1 is 1.26 bits per heavy atom. The highest BCUT2D eigenvalue weighted by atomic mass is 79.9. The smallest absolute Gasteiger partial charge is 0.262 e. The largest absolute Gasteiger partial charge is 0.497 e. The van der Waals surface area contributed by atoms with Crippen molar-refractivity contribution >= 4 is 44.4 Å². The Labute approximate surface area is 169 Å². The highest BCUT2D eigenvalue weighted by molar-refractivity contribution is 9.10. The van der Waals surface area contributed by atoms with Crippen LogP contribution in [0, 0.1) is 0 Å². The summed E-state index contributed by atoms with van der Waals surface area (Å²) in [6.45, 7) is 4.21. The average Bonchev–Trinajstić information content (AvgIpc) is 2.68. The second-order valence-electron chi connectivity index (χ2n) is 5.96. The van der Waals surface area contributed by atoms with Gasteiger partial charge in [-0.25, -0.2) is 4.98 Å². The molecule has 0 bridgehead atoms. The number of aromatic nitrogens is 2. The number of carbonyl (C=O) groups is 1. The van der Waals surface area contributed by atoms with E-state index in [2.05, 4.69) is 20.9 Å². The van der Waals surface area contributed by atoms with Gasteiger partial charge >= 0.3 is 0 Å². The van der Waals surface area contributed by atoms with E-state index in [1.807, 2.05) is 19.9 Å². The summed E-state index contributed by atoms with van der Waals surface area (Å²) < 4.78 is 7.57. The molecule has 1 unspecified atom stereocenters. The highest BCUT2D eigenvalue weighted by Gasteiger charge is 2.20. The molecule has 0 spiro atoms. The van der Waals surface area contributed by atoms with Gasteiger partial charge in [0, 0.05) is 16.6 Å². The van der Waals surface area contributed by atoms with Gasteiger partial charge in [-0.2, -0.15) is 0 Å². The van der Waals surface area contributed by atoms with Crippen LogP contribution in [0.3, 0.4) is 0 Å². The Kier molecular flexibility index (Phi) is 6.01. The molecule has 2 aromatic carbocycles. The number of thioether (sulfide) groups is 1. The number of Topliss-reactive ketones (excluding diaryl/α,β-unsaturated/α-hetero) is 1. The molecule has 3 aromatic rings. The normalized spacial score (nSPS) is 12.1. The number of fused-ring (bicyclic) bond motifs is 1. The van der Waals surface area contributed by atoms with Crippen LogP contribution in [0.15, 0.2) is 56.9 Å². The Morgan fingerprint density at radius 3 is 2.59 bits per heavy atom. The zero-order chi connectivity index (χ0) is 19.6. The number of halogens is 1. The van der Waals surface area contributed by atoms with Crippen molar-refractivity contribution in [2.24, 2.45) is 0 Å². The average molecular weight is 447 g/mol. The lowest BCUT2D eigenvalue weighted by atomic mass is 10.1. The number of hydrogen-bond donors (Lipinski definition) is 0. The molecule has 0 radical (unpaired) electrons. The van der Waals surface area contributed by atoms with E-state index in [0.29, 0.717) is 33.9 Å². The lowest BCUT2D eigenvalue weighted by Crippen LogP contribution is -2.24. The summed E-state index contributed by atoms with van der Waals surface area (Å²) in [4.78, 5) is 30.2. The predicted octanol–water partition coefficient (Wildman–Crippen LogP) is 4.55. The highest BCUT2D eigenvalue weighted by Crippen LogP contribution is 2.26. The lowest BCUT2D eigenvalue weighted by molar-refractivity contribution is 0.0994. The van der Waals surface area contributed by atoms with E-state index in [9.17, 15) is 9.59 Å². The van der Waals surface area contributed by atoms with Gasteiger partial charge in [-0.15, -0.1) is 0 Å². The zero-order valence-corrected chi connectivity index (χ0v) is 17.6. The fourth-order valence-corrected chi connectivity index (χ4v) is 4.15. The Bertz CT molecular complexity index is 1050. The first-order chi connectivity index (χ1) is 12.9. The van der Waals surface area contributed by atoms with Crippen LogP contribution in [0.4, 0.5) is 0 Å². The summed E-state index contributed by atoms with van der Waals surface area (Å²) in [7, 11) is 1.59. The second-order valence-corrected chi connectivity index (χ2v) is 8.18. The van der Waals surface area contributed by atoms with Crippen molar-refractivity contribution in [2.45, 2.75) is 30.8 Å². The molecule has 0 amide bonds. The van der Waals surface area contributed by atoms with E-state index in [0.717, 1.165) is 4.47 Å². The maximum Gasteiger partial charge on any atom is 0.262 e. The molecule has 0 aliphatic rings. The minimum atomic E-state index is -0.379.